The molecule has 1 aliphatic heterocycles. The van der Waals surface area contributed by atoms with Crippen LogP contribution in [0.1, 0.15) is 13.3 Å². The Kier molecular flexibility index (Phi) is 5.42. The predicted octanol–water partition coefficient (Wildman–Crippen LogP) is -0.713. The molecule has 0 radical (unpaired) electrons. The van der Waals surface area contributed by atoms with Crippen molar-refractivity contribution in [2.75, 3.05) is 45.8 Å². The van der Waals surface area contributed by atoms with Crippen LogP contribution in [0.15, 0.2) is 4.99 Å². The van der Waals surface area contributed by atoms with Crippen molar-refractivity contribution in [3.8, 4) is 0 Å². The monoisotopic (exact) mass is 213 g/mol. The highest BCUT2D eigenvalue weighted by Crippen LogP contribution is 2.01. The van der Waals surface area contributed by atoms with Gasteiger partial charge in [0.2, 0.25) is 0 Å². The van der Waals surface area contributed by atoms with Gasteiger partial charge in [0.1, 0.15) is 0 Å². The van der Waals surface area contributed by atoms with Crippen LogP contribution in [0.3, 0.4) is 0 Å². The highest BCUT2D eigenvalue weighted by molar-refractivity contribution is 5.75. The van der Waals surface area contributed by atoms with E-state index in [0.29, 0.717) is 0 Å². The Hall–Kier alpha value is -0.810. The van der Waals surface area contributed by atoms with Crippen molar-refractivity contribution in [2.45, 2.75) is 13.3 Å². The van der Waals surface area contributed by atoms with Gasteiger partial charge in [-0.3, -0.25) is 9.89 Å². The molecule has 0 aromatic rings. The van der Waals surface area contributed by atoms with Crippen LogP contribution >= 0.6 is 0 Å². The highest BCUT2D eigenvalue weighted by Gasteiger charge is 2.14. The molecule has 1 aliphatic rings. The van der Waals surface area contributed by atoms with Gasteiger partial charge in [0.25, 0.3) is 0 Å². The van der Waals surface area contributed by atoms with Gasteiger partial charge >= 0.3 is 0 Å². The smallest absolute Gasteiger partial charge is 0.185 e. The van der Waals surface area contributed by atoms with Gasteiger partial charge in [0.15, 0.2) is 5.96 Å². The third kappa shape index (κ3) is 4.99. The quantitative estimate of drug-likeness (QED) is 0.467. The number of guanidine groups is 1. The Balaban J connectivity index is 2.12. The summed E-state index contributed by atoms with van der Waals surface area (Å²) in [6.07, 6.45) is 1.24. The van der Waals surface area contributed by atoms with Crippen molar-refractivity contribution < 1.29 is 0 Å². The average Bonchev–Trinajstić information content (AvgIpc) is 2.20. The first-order valence-electron chi connectivity index (χ1n) is 5.72. The second kappa shape index (κ2) is 6.63. The van der Waals surface area contributed by atoms with Crippen molar-refractivity contribution >= 4 is 5.96 Å². The summed E-state index contributed by atoms with van der Waals surface area (Å²) < 4.78 is 0. The van der Waals surface area contributed by atoms with Crippen molar-refractivity contribution in [1.29, 1.82) is 0 Å². The fourth-order valence-electron chi connectivity index (χ4n) is 1.87. The number of nitrogens with two attached hydrogens (primary N) is 2. The topological polar surface area (TPSA) is 70.9 Å². The van der Waals surface area contributed by atoms with Crippen LogP contribution in [0.4, 0.5) is 0 Å². The maximum atomic E-state index is 5.27. The summed E-state index contributed by atoms with van der Waals surface area (Å²) in [5.41, 5.74) is 10.5. The molecule has 0 bridgehead atoms. The van der Waals surface area contributed by atoms with E-state index >= 15 is 0 Å². The van der Waals surface area contributed by atoms with Crippen LogP contribution in [0, 0.1) is 0 Å². The Labute approximate surface area is 92.1 Å². The van der Waals surface area contributed by atoms with Crippen LogP contribution < -0.4 is 11.5 Å². The van der Waals surface area contributed by atoms with E-state index in [9.17, 15) is 0 Å². The molecule has 0 aromatic heterocycles. The molecular weight excluding hydrogens is 190 g/mol. The van der Waals surface area contributed by atoms with Gasteiger partial charge in [0.05, 0.1) is 6.54 Å². The molecule has 5 nitrogen and oxygen atoms in total. The van der Waals surface area contributed by atoms with Crippen molar-refractivity contribution in [1.82, 2.24) is 9.80 Å². The molecule has 0 unspecified atom stereocenters. The van der Waals surface area contributed by atoms with Crippen molar-refractivity contribution in [3.05, 3.63) is 0 Å². The van der Waals surface area contributed by atoms with Gasteiger partial charge < -0.3 is 16.4 Å². The summed E-state index contributed by atoms with van der Waals surface area (Å²) in [5, 5.41) is 0. The van der Waals surface area contributed by atoms with Gasteiger partial charge in [0, 0.05) is 32.7 Å². The maximum absolute atomic E-state index is 5.27. The highest BCUT2D eigenvalue weighted by atomic mass is 15.3. The van der Waals surface area contributed by atoms with Gasteiger partial charge in [-0.05, 0) is 13.0 Å². The summed E-state index contributed by atoms with van der Waals surface area (Å²) in [4.78, 5) is 8.92. The lowest BCUT2D eigenvalue weighted by molar-refractivity contribution is 0.135. The Morgan fingerprint density at radius 1 is 1.07 bits per heavy atom. The van der Waals surface area contributed by atoms with E-state index in [1.807, 2.05) is 0 Å². The van der Waals surface area contributed by atoms with E-state index in [1.165, 1.54) is 26.1 Å². The average molecular weight is 213 g/mol. The Morgan fingerprint density at radius 3 is 2.07 bits per heavy atom. The molecule has 0 amide bonds. The van der Waals surface area contributed by atoms with Gasteiger partial charge in [-0.1, -0.05) is 6.92 Å². The number of hydrogen-bond acceptors (Lipinski definition) is 3. The molecule has 0 atom stereocenters. The Bertz CT molecular complexity index is 192. The largest absolute Gasteiger partial charge is 0.370 e. The molecule has 88 valence electrons. The zero-order chi connectivity index (χ0) is 11.1. The third-order valence-electron chi connectivity index (χ3n) is 2.72. The molecule has 1 heterocycles. The van der Waals surface area contributed by atoms with Crippen LogP contribution in [0.2, 0.25) is 0 Å². The number of rotatable bonds is 5. The summed E-state index contributed by atoms with van der Waals surface area (Å²) in [7, 11) is 0. The molecule has 1 saturated heterocycles. The summed E-state index contributed by atoms with van der Waals surface area (Å²) in [5.74, 6) is 0.194. The molecule has 5 heteroatoms. The molecule has 1 rings (SSSR count). The minimum Gasteiger partial charge on any atom is -0.370 e. The maximum Gasteiger partial charge on any atom is 0.185 e. The molecule has 0 saturated carbocycles. The lowest BCUT2D eigenvalue weighted by Crippen LogP contribution is -2.47. The fourth-order valence-corrected chi connectivity index (χ4v) is 1.87. The second-order valence-corrected chi connectivity index (χ2v) is 3.99. The van der Waals surface area contributed by atoms with Gasteiger partial charge in [-0.25, -0.2) is 0 Å². The van der Waals surface area contributed by atoms with Crippen LogP contribution in [0.5, 0.6) is 0 Å². The lowest BCUT2D eigenvalue weighted by Gasteiger charge is -2.34. The molecule has 0 spiro atoms. The summed E-state index contributed by atoms with van der Waals surface area (Å²) in [6, 6.07) is 0. The zero-order valence-corrected chi connectivity index (χ0v) is 9.65. The number of aliphatic imine (C=N–C) groups is 1. The summed E-state index contributed by atoms with van der Waals surface area (Å²) >= 11 is 0. The van der Waals surface area contributed by atoms with E-state index in [4.69, 9.17) is 11.5 Å². The Morgan fingerprint density at radius 2 is 1.60 bits per heavy atom. The van der Waals surface area contributed by atoms with Gasteiger partial charge in [-0.2, -0.15) is 0 Å². The zero-order valence-electron chi connectivity index (χ0n) is 9.65. The predicted molar refractivity (Wildman–Crippen MR) is 63.8 cm³/mol. The first-order chi connectivity index (χ1) is 7.22. The van der Waals surface area contributed by atoms with Crippen LogP contribution in [-0.2, 0) is 0 Å². The third-order valence-corrected chi connectivity index (χ3v) is 2.72. The van der Waals surface area contributed by atoms with Crippen molar-refractivity contribution in [3.63, 3.8) is 0 Å². The molecule has 1 fully saturated rings. The standard InChI is InChI=1S/C10H23N5/c1-2-4-14-6-8-15(9-7-14)5-3-13-10(11)12/h2-9H2,1H3,(H4,11,12,13). The van der Waals surface area contributed by atoms with E-state index in [2.05, 4.69) is 21.7 Å². The van der Waals surface area contributed by atoms with E-state index in [1.54, 1.807) is 0 Å². The van der Waals surface area contributed by atoms with Crippen molar-refractivity contribution in [2.24, 2.45) is 16.5 Å². The van der Waals surface area contributed by atoms with E-state index < -0.39 is 0 Å². The normalized spacial score (nSPS) is 19.0. The molecule has 0 aliphatic carbocycles. The van der Waals surface area contributed by atoms with Gasteiger partial charge in [-0.15, -0.1) is 0 Å². The van der Waals surface area contributed by atoms with E-state index in [-0.39, 0.29) is 5.96 Å². The molecule has 0 aromatic carbocycles. The molecule has 4 N–H and O–H groups in total. The molecule has 15 heavy (non-hydrogen) atoms. The minimum absolute atomic E-state index is 0.194. The fraction of sp³-hybridized carbons (Fsp3) is 0.900. The van der Waals surface area contributed by atoms with E-state index in [0.717, 1.165) is 26.2 Å². The first kappa shape index (κ1) is 12.3. The summed E-state index contributed by atoms with van der Waals surface area (Å²) in [6.45, 7) is 9.77. The number of piperazine rings is 1. The number of hydrogen-bond donors (Lipinski definition) is 2. The SMILES string of the molecule is CCCN1CCN(CCN=C(N)N)CC1. The van der Waals surface area contributed by atoms with Crippen LogP contribution in [0.25, 0.3) is 0 Å². The minimum atomic E-state index is 0.194. The first-order valence-corrected chi connectivity index (χ1v) is 5.72. The molecular formula is C10H23N5. The number of nitrogens with zero attached hydrogens (tertiary/aromatic N) is 3. The second-order valence-electron chi connectivity index (χ2n) is 3.99. The van der Waals surface area contributed by atoms with Crippen LogP contribution in [-0.4, -0.2) is 61.6 Å². The lowest BCUT2D eigenvalue weighted by atomic mass is 10.3.